The lowest BCUT2D eigenvalue weighted by Gasteiger charge is -2.11. The van der Waals surface area contributed by atoms with Crippen LogP contribution in [0, 0.1) is 5.92 Å². The molecule has 0 aromatic heterocycles. The van der Waals surface area contributed by atoms with Crippen molar-refractivity contribution in [3.05, 3.63) is 11.9 Å². The van der Waals surface area contributed by atoms with Crippen molar-refractivity contribution < 1.29 is 9.18 Å². The van der Waals surface area contributed by atoms with Gasteiger partial charge in [0.2, 0.25) is 0 Å². The molecule has 20 heavy (non-hydrogen) atoms. The molecule has 0 aromatic carbocycles. The van der Waals surface area contributed by atoms with E-state index in [0.29, 0.717) is 12.3 Å². The van der Waals surface area contributed by atoms with Crippen molar-refractivity contribution in [3.63, 3.8) is 0 Å². The normalized spacial score (nSPS) is 23.1. The first-order chi connectivity index (χ1) is 9.63. The molecular weight excluding hydrogens is 253 g/mol. The lowest BCUT2D eigenvalue weighted by molar-refractivity contribution is -0.119. The third-order valence-corrected chi connectivity index (χ3v) is 4.13. The number of amides is 1. The SMILES string of the molecule is CCCCCCCC/C=C(\F)C(=O)N[C@@H]1CC[C@H](C)C1. The molecule has 1 aliphatic carbocycles. The molecule has 1 amide bonds. The molecule has 116 valence electrons. The van der Waals surface area contributed by atoms with Gasteiger partial charge in [0.05, 0.1) is 0 Å². The quantitative estimate of drug-likeness (QED) is 0.473. The highest BCUT2D eigenvalue weighted by Crippen LogP contribution is 2.24. The molecule has 0 aliphatic heterocycles. The number of rotatable bonds is 9. The molecule has 0 spiro atoms. The molecule has 0 saturated heterocycles. The highest BCUT2D eigenvalue weighted by atomic mass is 19.1. The molecule has 1 rings (SSSR count). The Kier molecular flexibility index (Phi) is 8.56. The first-order valence-corrected chi connectivity index (χ1v) is 8.30. The minimum absolute atomic E-state index is 0.172. The Balaban J connectivity index is 2.11. The maximum absolute atomic E-state index is 13.6. The Labute approximate surface area is 123 Å². The van der Waals surface area contributed by atoms with Gasteiger partial charge in [-0.3, -0.25) is 4.79 Å². The van der Waals surface area contributed by atoms with Crippen LogP contribution in [0.2, 0.25) is 0 Å². The van der Waals surface area contributed by atoms with Crippen molar-refractivity contribution in [3.8, 4) is 0 Å². The van der Waals surface area contributed by atoms with Gasteiger partial charge < -0.3 is 5.32 Å². The number of unbranched alkanes of at least 4 members (excludes halogenated alkanes) is 6. The zero-order valence-corrected chi connectivity index (χ0v) is 13.1. The Morgan fingerprint density at radius 1 is 1.20 bits per heavy atom. The van der Waals surface area contributed by atoms with Crippen LogP contribution in [-0.2, 0) is 4.79 Å². The second kappa shape index (κ2) is 9.95. The van der Waals surface area contributed by atoms with Gasteiger partial charge in [-0.2, -0.15) is 0 Å². The van der Waals surface area contributed by atoms with Crippen LogP contribution in [0.1, 0.15) is 78.1 Å². The number of hydrogen-bond donors (Lipinski definition) is 1. The van der Waals surface area contributed by atoms with Crippen molar-refractivity contribution in [1.29, 1.82) is 0 Å². The van der Waals surface area contributed by atoms with E-state index in [2.05, 4.69) is 19.2 Å². The summed E-state index contributed by atoms with van der Waals surface area (Å²) in [6, 6.07) is 0.172. The van der Waals surface area contributed by atoms with E-state index in [0.717, 1.165) is 32.1 Å². The van der Waals surface area contributed by atoms with Gasteiger partial charge in [-0.15, -0.1) is 0 Å². The van der Waals surface area contributed by atoms with Crippen LogP contribution in [0.15, 0.2) is 11.9 Å². The molecule has 1 saturated carbocycles. The van der Waals surface area contributed by atoms with E-state index >= 15 is 0 Å². The maximum Gasteiger partial charge on any atom is 0.279 e. The highest BCUT2D eigenvalue weighted by Gasteiger charge is 2.23. The maximum atomic E-state index is 13.6. The van der Waals surface area contributed by atoms with Crippen molar-refractivity contribution >= 4 is 5.91 Å². The van der Waals surface area contributed by atoms with Crippen LogP contribution >= 0.6 is 0 Å². The summed E-state index contributed by atoms with van der Waals surface area (Å²) in [5, 5.41) is 2.80. The summed E-state index contributed by atoms with van der Waals surface area (Å²) in [5.74, 6) is -0.469. The standard InChI is InChI=1S/C17H30FNO/c1-3-4-5-6-7-8-9-10-16(18)17(20)19-15-12-11-14(2)13-15/h10,14-15H,3-9,11-13H2,1-2H3,(H,19,20)/b16-10-/t14-,15+/m0/s1. The molecule has 0 radical (unpaired) electrons. The van der Waals surface area contributed by atoms with Gasteiger partial charge in [0.25, 0.3) is 5.91 Å². The summed E-state index contributed by atoms with van der Waals surface area (Å²) in [6.45, 7) is 4.37. The zero-order valence-electron chi connectivity index (χ0n) is 13.1. The topological polar surface area (TPSA) is 29.1 Å². The van der Waals surface area contributed by atoms with E-state index in [1.54, 1.807) is 0 Å². The predicted molar refractivity (Wildman–Crippen MR) is 82.1 cm³/mol. The number of hydrogen-bond acceptors (Lipinski definition) is 1. The molecule has 0 heterocycles. The monoisotopic (exact) mass is 283 g/mol. The van der Waals surface area contributed by atoms with Gasteiger partial charge in [-0.25, -0.2) is 4.39 Å². The molecule has 1 N–H and O–H groups in total. The first-order valence-electron chi connectivity index (χ1n) is 8.30. The molecule has 0 bridgehead atoms. The fraction of sp³-hybridized carbons (Fsp3) is 0.824. The van der Waals surface area contributed by atoms with Crippen molar-refractivity contribution in [2.45, 2.75) is 84.1 Å². The molecule has 1 fully saturated rings. The summed E-state index contributed by atoms with van der Waals surface area (Å²) in [5.41, 5.74) is 0. The highest BCUT2D eigenvalue weighted by molar-refractivity contribution is 5.91. The third-order valence-electron chi connectivity index (χ3n) is 4.13. The van der Waals surface area contributed by atoms with Gasteiger partial charge in [-0.1, -0.05) is 46.0 Å². The molecule has 0 aromatic rings. The summed E-state index contributed by atoms with van der Waals surface area (Å²) < 4.78 is 13.6. The second-order valence-electron chi connectivity index (χ2n) is 6.20. The lowest BCUT2D eigenvalue weighted by Crippen LogP contribution is -2.33. The number of halogens is 1. The summed E-state index contributed by atoms with van der Waals surface area (Å²) in [6.07, 6.45) is 12.3. The fourth-order valence-electron chi connectivity index (χ4n) is 2.84. The summed E-state index contributed by atoms with van der Waals surface area (Å²) >= 11 is 0. The molecule has 3 heteroatoms. The number of carbonyl (C=O) groups is 1. The van der Waals surface area contributed by atoms with Crippen LogP contribution in [-0.4, -0.2) is 11.9 Å². The average molecular weight is 283 g/mol. The Morgan fingerprint density at radius 3 is 2.55 bits per heavy atom. The van der Waals surface area contributed by atoms with Crippen LogP contribution in [0.3, 0.4) is 0 Å². The minimum atomic E-state index is -0.599. The largest absolute Gasteiger partial charge is 0.347 e. The summed E-state index contributed by atoms with van der Waals surface area (Å²) in [7, 11) is 0. The van der Waals surface area contributed by atoms with E-state index in [1.165, 1.54) is 31.8 Å². The second-order valence-corrected chi connectivity index (χ2v) is 6.20. The van der Waals surface area contributed by atoms with Gasteiger partial charge in [-0.05, 0) is 44.1 Å². The van der Waals surface area contributed by atoms with Crippen molar-refractivity contribution in [2.24, 2.45) is 5.92 Å². The molecular formula is C17H30FNO. The zero-order chi connectivity index (χ0) is 14.8. The smallest absolute Gasteiger partial charge is 0.279 e. The number of carbonyl (C=O) groups excluding carboxylic acids is 1. The minimum Gasteiger partial charge on any atom is -0.347 e. The predicted octanol–water partition coefficient (Wildman–Crippen LogP) is 4.90. The number of nitrogens with one attached hydrogen (secondary N) is 1. The molecule has 1 aliphatic rings. The van der Waals surface area contributed by atoms with E-state index in [4.69, 9.17) is 0 Å². The van der Waals surface area contributed by atoms with Crippen LogP contribution in [0.25, 0.3) is 0 Å². The Morgan fingerprint density at radius 2 is 1.90 bits per heavy atom. The van der Waals surface area contributed by atoms with Crippen LogP contribution in [0.4, 0.5) is 4.39 Å². The van der Waals surface area contributed by atoms with Crippen LogP contribution < -0.4 is 5.32 Å². The van der Waals surface area contributed by atoms with Gasteiger partial charge in [0.15, 0.2) is 5.83 Å². The van der Waals surface area contributed by atoms with Crippen molar-refractivity contribution in [2.75, 3.05) is 0 Å². The van der Waals surface area contributed by atoms with Crippen LogP contribution in [0.5, 0.6) is 0 Å². The average Bonchev–Trinajstić information content (AvgIpc) is 2.82. The number of allylic oxidation sites excluding steroid dienone is 1. The Hall–Kier alpha value is -0.860. The fourth-order valence-corrected chi connectivity index (χ4v) is 2.84. The van der Waals surface area contributed by atoms with Gasteiger partial charge in [0, 0.05) is 6.04 Å². The molecule has 0 unspecified atom stereocenters. The summed E-state index contributed by atoms with van der Waals surface area (Å²) in [4.78, 5) is 11.7. The van der Waals surface area contributed by atoms with E-state index < -0.39 is 11.7 Å². The first kappa shape index (κ1) is 17.2. The Bertz CT molecular complexity index is 314. The molecule has 2 nitrogen and oxygen atoms in total. The lowest BCUT2D eigenvalue weighted by atomic mass is 10.1. The van der Waals surface area contributed by atoms with Crippen molar-refractivity contribution in [1.82, 2.24) is 5.32 Å². The van der Waals surface area contributed by atoms with Gasteiger partial charge in [0.1, 0.15) is 0 Å². The van der Waals surface area contributed by atoms with E-state index in [-0.39, 0.29) is 6.04 Å². The van der Waals surface area contributed by atoms with E-state index in [9.17, 15) is 9.18 Å². The molecule has 2 atom stereocenters. The van der Waals surface area contributed by atoms with E-state index in [1.807, 2.05) is 0 Å². The van der Waals surface area contributed by atoms with Gasteiger partial charge >= 0.3 is 0 Å². The third kappa shape index (κ3) is 7.06.